The average molecular weight is 425 g/mol. The maximum atomic E-state index is 13.5. The lowest BCUT2D eigenvalue weighted by molar-refractivity contribution is -0.186. The molecule has 0 spiro atoms. The molecule has 2 aromatic heterocycles. The number of pyridine rings is 1. The van der Waals surface area contributed by atoms with E-state index in [1.165, 1.54) is 0 Å². The van der Waals surface area contributed by atoms with Crippen molar-refractivity contribution in [1.29, 1.82) is 0 Å². The van der Waals surface area contributed by atoms with Crippen LogP contribution in [0.3, 0.4) is 0 Å². The molecule has 0 aliphatic rings. The zero-order valence-corrected chi connectivity index (χ0v) is 16.5. The molecule has 30 heavy (non-hydrogen) atoms. The zero-order chi connectivity index (χ0) is 22.7. The normalized spacial score (nSPS) is 16.4. The third-order valence-corrected chi connectivity index (χ3v) is 4.74. The maximum absolute atomic E-state index is 13.5. The molecule has 3 atom stereocenters. The van der Waals surface area contributed by atoms with Crippen LogP contribution in [-0.4, -0.2) is 64.6 Å². The van der Waals surface area contributed by atoms with E-state index in [1.54, 1.807) is 6.92 Å². The molecule has 0 aromatic carbocycles. The zero-order valence-electron chi connectivity index (χ0n) is 16.5. The van der Waals surface area contributed by atoms with E-state index < -0.39 is 41.4 Å². The first-order chi connectivity index (χ1) is 13.9. The van der Waals surface area contributed by atoms with E-state index in [2.05, 4.69) is 20.3 Å². The third-order valence-electron chi connectivity index (χ3n) is 4.74. The highest BCUT2D eigenvalue weighted by atomic mass is 19.1. The summed E-state index contributed by atoms with van der Waals surface area (Å²) in [5.41, 5.74) is 1.68. The Hall–Kier alpha value is -3.12. The van der Waals surface area contributed by atoms with Gasteiger partial charge in [0.15, 0.2) is 11.9 Å². The molecule has 0 aliphatic carbocycles. The number of unbranched alkanes of at least 4 members (excludes halogenated alkanes) is 1. The van der Waals surface area contributed by atoms with Crippen molar-refractivity contribution in [2.24, 2.45) is 0 Å². The Kier molecular flexibility index (Phi) is 6.73. The SMILES string of the molecule is CCCCC(C)(C[C@](O)(C(=O)O)C(O)C(=O)O)Nc1nc(N)nc2cc(F)cnc12. The third kappa shape index (κ3) is 4.89. The van der Waals surface area contributed by atoms with Crippen LogP contribution in [0.2, 0.25) is 0 Å². The average Bonchev–Trinajstić information content (AvgIpc) is 2.64. The number of aliphatic carboxylic acids is 2. The molecule has 0 bridgehead atoms. The number of fused-ring (bicyclic) bond motifs is 1. The topological polar surface area (TPSA) is 192 Å². The largest absolute Gasteiger partial charge is 0.479 e. The summed E-state index contributed by atoms with van der Waals surface area (Å²) >= 11 is 0. The summed E-state index contributed by atoms with van der Waals surface area (Å²) in [6, 6.07) is 1.09. The van der Waals surface area contributed by atoms with Crippen molar-refractivity contribution in [2.75, 3.05) is 11.1 Å². The molecule has 2 heterocycles. The van der Waals surface area contributed by atoms with Crippen LogP contribution in [0.15, 0.2) is 12.3 Å². The van der Waals surface area contributed by atoms with E-state index in [9.17, 15) is 29.3 Å². The minimum atomic E-state index is -2.99. The lowest BCUT2D eigenvalue weighted by Gasteiger charge is -2.38. The van der Waals surface area contributed by atoms with Crippen molar-refractivity contribution >= 4 is 34.7 Å². The highest BCUT2D eigenvalue weighted by Crippen LogP contribution is 2.33. The van der Waals surface area contributed by atoms with E-state index in [-0.39, 0.29) is 29.2 Å². The highest BCUT2D eigenvalue weighted by Gasteiger charge is 2.52. The minimum Gasteiger partial charge on any atom is -0.479 e. The predicted molar refractivity (Wildman–Crippen MR) is 104 cm³/mol. The number of aliphatic hydroxyl groups is 2. The number of hydrogen-bond donors (Lipinski definition) is 6. The van der Waals surface area contributed by atoms with Gasteiger partial charge in [-0.25, -0.2) is 23.9 Å². The van der Waals surface area contributed by atoms with Gasteiger partial charge in [-0.3, -0.25) is 0 Å². The molecule has 0 fully saturated rings. The van der Waals surface area contributed by atoms with Crippen LogP contribution in [0.1, 0.15) is 39.5 Å². The number of aromatic nitrogens is 3. The Morgan fingerprint density at radius 3 is 2.57 bits per heavy atom. The first kappa shape index (κ1) is 23.2. The van der Waals surface area contributed by atoms with Gasteiger partial charge in [-0.05, 0) is 13.3 Å². The molecule has 0 saturated heterocycles. The van der Waals surface area contributed by atoms with Crippen LogP contribution in [0.5, 0.6) is 0 Å². The van der Waals surface area contributed by atoms with Crippen LogP contribution in [-0.2, 0) is 9.59 Å². The molecule has 11 nitrogen and oxygen atoms in total. The fourth-order valence-electron chi connectivity index (χ4n) is 3.24. The standard InChI is InChI=1S/C18H24FN5O6/c1-3-4-5-17(2,8-18(30,15(28)29)12(25)14(26)27)24-13-11-10(22-16(20)23-13)6-9(19)7-21-11/h6-7,12,25,30H,3-5,8H2,1-2H3,(H,26,27)(H,28,29)(H3,20,22,23,24)/t12?,17?,18-/m1/s1. The number of anilines is 2. The summed E-state index contributed by atoms with van der Waals surface area (Å²) in [6.07, 6.45) is -0.758. The van der Waals surface area contributed by atoms with E-state index in [0.717, 1.165) is 12.3 Å². The molecule has 2 aromatic rings. The number of nitrogens with one attached hydrogen (secondary N) is 1. The Bertz CT molecular complexity index is 955. The van der Waals surface area contributed by atoms with Gasteiger partial charge in [0.2, 0.25) is 11.5 Å². The molecule has 0 radical (unpaired) electrons. The smallest absolute Gasteiger partial charge is 0.339 e. The lowest BCUT2D eigenvalue weighted by Crippen LogP contribution is -2.58. The first-order valence-corrected chi connectivity index (χ1v) is 9.15. The van der Waals surface area contributed by atoms with Gasteiger partial charge >= 0.3 is 11.9 Å². The van der Waals surface area contributed by atoms with Crippen molar-refractivity contribution in [3.05, 3.63) is 18.1 Å². The highest BCUT2D eigenvalue weighted by molar-refractivity contribution is 5.88. The number of aliphatic hydroxyl groups excluding tert-OH is 1. The van der Waals surface area contributed by atoms with E-state index >= 15 is 0 Å². The Labute approximate surface area is 170 Å². The molecule has 2 unspecified atom stereocenters. The monoisotopic (exact) mass is 425 g/mol. The van der Waals surface area contributed by atoms with Crippen molar-refractivity contribution in [3.8, 4) is 0 Å². The van der Waals surface area contributed by atoms with Gasteiger partial charge in [-0.2, -0.15) is 4.98 Å². The summed E-state index contributed by atoms with van der Waals surface area (Å²) in [5, 5.41) is 41.9. The molecule has 7 N–H and O–H groups in total. The van der Waals surface area contributed by atoms with Crippen LogP contribution in [0.4, 0.5) is 16.2 Å². The van der Waals surface area contributed by atoms with Gasteiger partial charge in [0, 0.05) is 18.0 Å². The quantitative estimate of drug-likeness (QED) is 0.315. The molecule has 12 heteroatoms. The molecule has 0 saturated carbocycles. The van der Waals surface area contributed by atoms with Crippen molar-refractivity contribution in [3.63, 3.8) is 0 Å². The number of hydrogen-bond acceptors (Lipinski definition) is 9. The predicted octanol–water partition coefficient (Wildman–Crippen LogP) is 0.758. The van der Waals surface area contributed by atoms with Crippen molar-refractivity contribution in [1.82, 2.24) is 15.0 Å². The van der Waals surface area contributed by atoms with Crippen molar-refractivity contribution < 1.29 is 34.4 Å². The second-order valence-electron chi connectivity index (χ2n) is 7.39. The molecule has 0 amide bonds. The summed E-state index contributed by atoms with van der Waals surface area (Å²) in [7, 11) is 0. The Balaban J connectivity index is 2.53. The number of nitrogens with zero attached hydrogens (tertiary/aromatic N) is 3. The fourth-order valence-corrected chi connectivity index (χ4v) is 3.24. The van der Waals surface area contributed by atoms with Gasteiger partial charge in [0.05, 0.1) is 11.7 Å². The van der Waals surface area contributed by atoms with Crippen LogP contribution >= 0.6 is 0 Å². The fraction of sp³-hybridized carbons (Fsp3) is 0.500. The van der Waals surface area contributed by atoms with Gasteiger partial charge in [-0.15, -0.1) is 0 Å². The van der Waals surface area contributed by atoms with E-state index in [0.29, 0.717) is 12.8 Å². The molecular formula is C18H24FN5O6. The number of carbonyl (C=O) groups is 2. The lowest BCUT2D eigenvalue weighted by atomic mass is 9.79. The number of rotatable bonds is 10. The minimum absolute atomic E-state index is 0.0497. The van der Waals surface area contributed by atoms with Crippen molar-refractivity contribution in [2.45, 2.75) is 56.8 Å². The number of carboxylic acid groups (broad SMARTS) is 2. The van der Waals surface area contributed by atoms with Gasteiger partial charge in [-0.1, -0.05) is 19.8 Å². The van der Waals surface area contributed by atoms with Crippen LogP contribution in [0, 0.1) is 5.82 Å². The van der Waals surface area contributed by atoms with Gasteiger partial charge < -0.3 is 31.5 Å². The summed E-state index contributed by atoms with van der Waals surface area (Å²) in [4.78, 5) is 34.7. The second-order valence-corrected chi connectivity index (χ2v) is 7.39. The molecule has 2 rings (SSSR count). The molecular weight excluding hydrogens is 401 g/mol. The van der Waals surface area contributed by atoms with Gasteiger partial charge in [0.1, 0.15) is 11.3 Å². The number of carboxylic acids is 2. The second kappa shape index (κ2) is 8.71. The van der Waals surface area contributed by atoms with E-state index in [1.807, 2.05) is 6.92 Å². The molecule has 0 aliphatic heterocycles. The maximum Gasteiger partial charge on any atom is 0.339 e. The van der Waals surface area contributed by atoms with Crippen LogP contribution in [0.25, 0.3) is 11.0 Å². The van der Waals surface area contributed by atoms with Gasteiger partial charge in [0.25, 0.3) is 0 Å². The van der Waals surface area contributed by atoms with E-state index in [4.69, 9.17) is 10.8 Å². The number of nitrogens with two attached hydrogens (primary N) is 1. The molecule has 164 valence electrons. The Morgan fingerprint density at radius 2 is 2.00 bits per heavy atom. The summed E-state index contributed by atoms with van der Waals surface area (Å²) in [5.74, 6) is -4.58. The summed E-state index contributed by atoms with van der Waals surface area (Å²) < 4.78 is 13.5. The number of halogens is 1. The first-order valence-electron chi connectivity index (χ1n) is 9.15. The summed E-state index contributed by atoms with van der Waals surface area (Å²) in [6.45, 7) is 3.43. The number of nitrogen functional groups attached to an aromatic ring is 1. The van der Waals surface area contributed by atoms with Crippen LogP contribution < -0.4 is 11.1 Å². The Morgan fingerprint density at radius 1 is 1.33 bits per heavy atom.